The normalized spacial score (nSPS) is 20.4. The van der Waals surface area contributed by atoms with Crippen molar-refractivity contribution in [3.8, 4) is 0 Å². The quantitative estimate of drug-likeness (QED) is 0.858. The molecule has 0 unspecified atom stereocenters. The summed E-state index contributed by atoms with van der Waals surface area (Å²) in [6.07, 6.45) is 6.63. The number of hydrogen-bond donors (Lipinski definition) is 1. The lowest BCUT2D eigenvalue weighted by Gasteiger charge is -2.30. The van der Waals surface area contributed by atoms with Gasteiger partial charge in [-0.3, -0.25) is 0 Å². The van der Waals surface area contributed by atoms with Crippen molar-refractivity contribution >= 4 is 11.3 Å². The molecule has 0 aliphatic heterocycles. The van der Waals surface area contributed by atoms with Crippen LogP contribution < -0.4 is 5.32 Å². The second-order valence-electron chi connectivity index (χ2n) is 4.65. The first-order valence-electron chi connectivity index (χ1n) is 5.72. The zero-order valence-corrected chi connectivity index (χ0v) is 10.4. The second kappa shape index (κ2) is 4.58. The van der Waals surface area contributed by atoms with Crippen molar-refractivity contribution in [3.63, 3.8) is 0 Å². The smallest absolute Gasteiger partial charge is 0.131 e. The summed E-state index contributed by atoms with van der Waals surface area (Å²) in [5.41, 5.74) is 0.307. The first kappa shape index (κ1) is 11.0. The zero-order valence-electron chi connectivity index (χ0n) is 9.55. The maximum atomic E-state index is 4.36. The molecule has 1 aromatic heterocycles. The van der Waals surface area contributed by atoms with E-state index in [4.69, 9.17) is 0 Å². The second-order valence-corrected chi connectivity index (χ2v) is 5.71. The van der Waals surface area contributed by atoms with Crippen LogP contribution in [0.25, 0.3) is 0 Å². The molecule has 1 aliphatic rings. The molecule has 2 rings (SSSR count). The van der Waals surface area contributed by atoms with E-state index in [9.17, 15) is 0 Å². The average molecular weight is 225 g/mol. The Balaban J connectivity index is 2.12. The Bertz CT molecular complexity index is 315. The van der Waals surface area contributed by atoms with Crippen molar-refractivity contribution in [2.75, 3.05) is 7.05 Å². The van der Waals surface area contributed by atoms with Gasteiger partial charge in [-0.2, -0.15) is 0 Å². The van der Waals surface area contributed by atoms with Crippen LogP contribution >= 0.6 is 11.3 Å². The van der Waals surface area contributed by atoms with E-state index in [1.807, 2.05) is 7.05 Å². The summed E-state index contributed by atoms with van der Waals surface area (Å²) < 4.78 is 0. The van der Waals surface area contributed by atoms with Crippen LogP contribution in [0.3, 0.4) is 0 Å². The van der Waals surface area contributed by atoms with E-state index in [2.05, 4.69) is 22.4 Å². The third kappa shape index (κ3) is 2.37. The lowest BCUT2D eigenvalue weighted by molar-refractivity contribution is 0.317. The third-order valence-electron chi connectivity index (χ3n) is 3.27. The summed E-state index contributed by atoms with van der Waals surface area (Å²) in [7, 11) is 1.95. The standard InChI is InChI=1S/C11H19N3S/c1-11(6-4-3-5-7-11)10-14-13-9(15-10)8-12-2/h12H,3-8H2,1-2H3. The van der Waals surface area contributed by atoms with Crippen LogP contribution in [0, 0.1) is 0 Å². The van der Waals surface area contributed by atoms with E-state index in [1.54, 1.807) is 11.3 Å². The van der Waals surface area contributed by atoms with E-state index in [0.29, 0.717) is 5.41 Å². The summed E-state index contributed by atoms with van der Waals surface area (Å²) in [4.78, 5) is 0. The number of hydrogen-bond acceptors (Lipinski definition) is 4. The largest absolute Gasteiger partial charge is 0.313 e. The van der Waals surface area contributed by atoms with Crippen molar-refractivity contribution in [2.45, 2.75) is 51.0 Å². The first-order valence-corrected chi connectivity index (χ1v) is 6.54. The van der Waals surface area contributed by atoms with Crippen LogP contribution in [-0.4, -0.2) is 17.2 Å². The van der Waals surface area contributed by atoms with Gasteiger partial charge in [-0.25, -0.2) is 0 Å². The van der Waals surface area contributed by atoms with Gasteiger partial charge in [0, 0.05) is 12.0 Å². The summed E-state index contributed by atoms with van der Waals surface area (Å²) >= 11 is 1.78. The SMILES string of the molecule is CNCc1nnc(C2(C)CCCCC2)s1. The first-order chi connectivity index (χ1) is 7.24. The Morgan fingerprint density at radius 2 is 2.00 bits per heavy atom. The van der Waals surface area contributed by atoms with Crippen molar-refractivity contribution in [3.05, 3.63) is 10.0 Å². The van der Waals surface area contributed by atoms with Crippen LogP contribution in [0.2, 0.25) is 0 Å². The van der Waals surface area contributed by atoms with Gasteiger partial charge < -0.3 is 5.32 Å². The zero-order chi connectivity index (χ0) is 10.7. The molecular weight excluding hydrogens is 206 g/mol. The molecule has 0 bridgehead atoms. The van der Waals surface area contributed by atoms with Crippen LogP contribution in [0.4, 0.5) is 0 Å². The predicted molar refractivity (Wildman–Crippen MR) is 63.1 cm³/mol. The molecule has 0 radical (unpaired) electrons. The summed E-state index contributed by atoms with van der Waals surface area (Å²) in [5.74, 6) is 0. The number of nitrogens with zero attached hydrogens (tertiary/aromatic N) is 2. The molecule has 1 heterocycles. The van der Waals surface area contributed by atoms with Gasteiger partial charge in [0.2, 0.25) is 0 Å². The molecule has 0 atom stereocenters. The molecule has 1 aliphatic carbocycles. The molecule has 1 N–H and O–H groups in total. The van der Waals surface area contributed by atoms with E-state index in [-0.39, 0.29) is 0 Å². The topological polar surface area (TPSA) is 37.8 Å². The Kier molecular flexibility index (Phi) is 3.36. The molecule has 84 valence electrons. The van der Waals surface area contributed by atoms with E-state index in [0.717, 1.165) is 11.6 Å². The van der Waals surface area contributed by atoms with Crippen LogP contribution in [0.15, 0.2) is 0 Å². The number of rotatable bonds is 3. The molecule has 1 aromatic rings. The molecule has 1 fully saturated rings. The Morgan fingerprint density at radius 3 is 2.67 bits per heavy atom. The molecule has 0 spiro atoms. The molecule has 0 amide bonds. The lowest BCUT2D eigenvalue weighted by atomic mass is 9.76. The van der Waals surface area contributed by atoms with Gasteiger partial charge >= 0.3 is 0 Å². The monoisotopic (exact) mass is 225 g/mol. The number of aromatic nitrogens is 2. The Morgan fingerprint density at radius 1 is 1.27 bits per heavy atom. The molecule has 3 nitrogen and oxygen atoms in total. The molecular formula is C11H19N3S. The van der Waals surface area contributed by atoms with Gasteiger partial charge in [-0.1, -0.05) is 37.5 Å². The molecule has 4 heteroatoms. The maximum Gasteiger partial charge on any atom is 0.131 e. The lowest BCUT2D eigenvalue weighted by Crippen LogP contribution is -2.24. The van der Waals surface area contributed by atoms with E-state index < -0.39 is 0 Å². The van der Waals surface area contributed by atoms with Crippen molar-refractivity contribution in [1.29, 1.82) is 0 Å². The third-order valence-corrected chi connectivity index (χ3v) is 4.50. The van der Waals surface area contributed by atoms with E-state index >= 15 is 0 Å². The minimum atomic E-state index is 0.307. The molecule has 0 aromatic carbocycles. The van der Waals surface area contributed by atoms with Crippen LogP contribution in [-0.2, 0) is 12.0 Å². The highest BCUT2D eigenvalue weighted by Crippen LogP contribution is 2.39. The van der Waals surface area contributed by atoms with Crippen LogP contribution in [0.1, 0.15) is 49.0 Å². The van der Waals surface area contributed by atoms with Crippen molar-refractivity contribution in [2.24, 2.45) is 0 Å². The summed E-state index contributed by atoms with van der Waals surface area (Å²) in [5, 5.41) is 14.1. The van der Waals surface area contributed by atoms with Gasteiger partial charge in [-0.05, 0) is 19.9 Å². The van der Waals surface area contributed by atoms with Gasteiger partial charge in [0.25, 0.3) is 0 Å². The van der Waals surface area contributed by atoms with Gasteiger partial charge in [-0.15, -0.1) is 10.2 Å². The van der Waals surface area contributed by atoms with E-state index in [1.165, 1.54) is 37.1 Å². The van der Waals surface area contributed by atoms with Gasteiger partial charge in [0.15, 0.2) is 0 Å². The molecule has 0 saturated heterocycles. The average Bonchev–Trinajstić information content (AvgIpc) is 2.69. The fourth-order valence-electron chi connectivity index (χ4n) is 2.27. The molecule has 1 saturated carbocycles. The van der Waals surface area contributed by atoms with Crippen LogP contribution in [0.5, 0.6) is 0 Å². The predicted octanol–water partition coefficient (Wildman–Crippen LogP) is 2.48. The fraction of sp³-hybridized carbons (Fsp3) is 0.818. The van der Waals surface area contributed by atoms with Crippen molar-refractivity contribution in [1.82, 2.24) is 15.5 Å². The van der Waals surface area contributed by atoms with Gasteiger partial charge in [0.1, 0.15) is 10.0 Å². The van der Waals surface area contributed by atoms with Crippen molar-refractivity contribution < 1.29 is 0 Å². The highest BCUT2D eigenvalue weighted by molar-refractivity contribution is 7.11. The Labute approximate surface area is 95.3 Å². The Hall–Kier alpha value is -0.480. The van der Waals surface area contributed by atoms with Gasteiger partial charge in [0.05, 0.1) is 0 Å². The summed E-state index contributed by atoms with van der Waals surface area (Å²) in [6, 6.07) is 0. The summed E-state index contributed by atoms with van der Waals surface area (Å²) in [6.45, 7) is 3.18. The fourth-order valence-corrected chi connectivity index (χ4v) is 3.32. The number of nitrogens with one attached hydrogen (secondary N) is 1. The molecule has 15 heavy (non-hydrogen) atoms. The maximum absolute atomic E-state index is 4.36. The minimum absolute atomic E-state index is 0.307. The highest BCUT2D eigenvalue weighted by atomic mass is 32.1. The highest BCUT2D eigenvalue weighted by Gasteiger charge is 2.32. The minimum Gasteiger partial charge on any atom is -0.313 e.